The van der Waals surface area contributed by atoms with Crippen LogP contribution >= 0.6 is 0 Å². The van der Waals surface area contributed by atoms with Crippen molar-refractivity contribution < 1.29 is 14.3 Å². The third-order valence-electron chi connectivity index (χ3n) is 5.11. The molecule has 0 heterocycles. The zero-order valence-corrected chi connectivity index (χ0v) is 11.4. The maximum Gasteiger partial charge on any atom is 0.146 e. The number of hydrogen-bond acceptors (Lipinski definition) is 3. The van der Waals surface area contributed by atoms with Gasteiger partial charge in [-0.1, -0.05) is 20.8 Å². The highest BCUT2D eigenvalue weighted by atomic mass is 16.7. The highest BCUT2D eigenvalue weighted by molar-refractivity contribution is 5.87. The fourth-order valence-electron chi connectivity index (χ4n) is 4.06. The summed E-state index contributed by atoms with van der Waals surface area (Å²) in [6, 6.07) is 0. The summed E-state index contributed by atoms with van der Waals surface area (Å²) < 4.78 is 10.8. The minimum absolute atomic E-state index is 0.0672. The molecule has 0 N–H and O–H groups in total. The smallest absolute Gasteiger partial charge is 0.146 e. The van der Waals surface area contributed by atoms with Gasteiger partial charge in [0.2, 0.25) is 0 Å². The van der Waals surface area contributed by atoms with E-state index in [4.69, 9.17) is 9.47 Å². The van der Waals surface area contributed by atoms with Crippen molar-refractivity contribution in [3.05, 3.63) is 0 Å². The van der Waals surface area contributed by atoms with Crippen LogP contribution in [0.2, 0.25) is 0 Å². The van der Waals surface area contributed by atoms with Gasteiger partial charge in [-0.15, -0.1) is 0 Å². The molecule has 3 nitrogen and oxygen atoms in total. The SMILES string of the molecule is COCOC1CCC2(C)C(=O)CCC2C1(C)C. The lowest BCUT2D eigenvalue weighted by Gasteiger charge is -2.50. The van der Waals surface area contributed by atoms with E-state index in [0.717, 1.165) is 25.7 Å². The van der Waals surface area contributed by atoms with Crippen LogP contribution in [0.5, 0.6) is 0 Å². The van der Waals surface area contributed by atoms with E-state index in [-0.39, 0.29) is 16.9 Å². The van der Waals surface area contributed by atoms with Crippen molar-refractivity contribution in [1.82, 2.24) is 0 Å². The molecular formula is C14H24O3. The minimum atomic E-state index is -0.101. The minimum Gasteiger partial charge on any atom is -0.359 e. The van der Waals surface area contributed by atoms with Gasteiger partial charge in [-0.3, -0.25) is 4.79 Å². The Kier molecular flexibility index (Phi) is 3.34. The van der Waals surface area contributed by atoms with Crippen LogP contribution < -0.4 is 0 Å². The van der Waals surface area contributed by atoms with Crippen molar-refractivity contribution in [2.75, 3.05) is 13.9 Å². The predicted molar refractivity (Wildman–Crippen MR) is 65.6 cm³/mol. The summed E-state index contributed by atoms with van der Waals surface area (Å²) in [5, 5.41) is 0. The van der Waals surface area contributed by atoms with E-state index >= 15 is 0 Å². The van der Waals surface area contributed by atoms with E-state index in [1.165, 1.54) is 0 Å². The van der Waals surface area contributed by atoms with Crippen LogP contribution in [0.15, 0.2) is 0 Å². The van der Waals surface area contributed by atoms with Gasteiger partial charge >= 0.3 is 0 Å². The summed E-state index contributed by atoms with van der Waals surface area (Å²) in [6.45, 7) is 6.99. The predicted octanol–water partition coefficient (Wildman–Crippen LogP) is 2.78. The summed E-state index contributed by atoms with van der Waals surface area (Å²) in [7, 11) is 1.65. The second-order valence-corrected chi connectivity index (χ2v) is 6.35. The number of methoxy groups -OCH3 is 1. The molecule has 3 atom stereocenters. The van der Waals surface area contributed by atoms with Crippen molar-refractivity contribution >= 4 is 5.78 Å². The van der Waals surface area contributed by atoms with E-state index in [0.29, 0.717) is 18.5 Å². The van der Waals surface area contributed by atoms with Crippen molar-refractivity contribution in [1.29, 1.82) is 0 Å². The van der Waals surface area contributed by atoms with Gasteiger partial charge in [0.1, 0.15) is 12.6 Å². The Hall–Kier alpha value is -0.410. The van der Waals surface area contributed by atoms with E-state index in [1.807, 2.05) is 0 Å². The van der Waals surface area contributed by atoms with Crippen molar-refractivity contribution in [2.24, 2.45) is 16.7 Å². The summed E-state index contributed by atoms with van der Waals surface area (Å²) >= 11 is 0. The van der Waals surface area contributed by atoms with Crippen LogP contribution in [0.4, 0.5) is 0 Å². The molecule has 17 heavy (non-hydrogen) atoms. The topological polar surface area (TPSA) is 35.5 Å². The molecule has 3 unspecified atom stereocenters. The van der Waals surface area contributed by atoms with Gasteiger partial charge in [-0.2, -0.15) is 0 Å². The molecule has 0 saturated heterocycles. The number of carbonyl (C=O) groups is 1. The molecule has 0 radical (unpaired) electrons. The molecule has 98 valence electrons. The molecule has 0 bridgehead atoms. The molecule has 0 aromatic carbocycles. The number of hydrogen-bond donors (Lipinski definition) is 0. The monoisotopic (exact) mass is 240 g/mol. The Morgan fingerprint density at radius 3 is 2.65 bits per heavy atom. The fourth-order valence-corrected chi connectivity index (χ4v) is 4.06. The number of carbonyl (C=O) groups excluding carboxylic acids is 1. The van der Waals surface area contributed by atoms with Crippen molar-refractivity contribution in [3.63, 3.8) is 0 Å². The van der Waals surface area contributed by atoms with Crippen LogP contribution in [0.25, 0.3) is 0 Å². The largest absolute Gasteiger partial charge is 0.359 e. The molecular weight excluding hydrogens is 216 g/mol. The van der Waals surface area contributed by atoms with E-state index in [1.54, 1.807) is 7.11 Å². The van der Waals surface area contributed by atoms with Crippen LogP contribution in [0.1, 0.15) is 46.5 Å². The molecule has 2 aliphatic rings. The zero-order valence-electron chi connectivity index (χ0n) is 11.4. The molecule has 0 aromatic heterocycles. The molecule has 2 fully saturated rings. The van der Waals surface area contributed by atoms with Gasteiger partial charge in [0.05, 0.1) is 6.10 Å². The average molecular weight is 240 g/mol. The van der Waals surface area contributed by atoms with Gasteiger partial charge in [-0.25, -0.2) is 0 Å². The van der Waals surface area contributed by atoms with E-state index in [2.05, 4.69) is 20.8 Å². The van der Waals surface area contributed by atoms with Crippen molar-refractivity contribution in [2.45, 2.75) is 52.6 Å². The molecule has 2 saturated carbocycles. The van der Waals surface area contributed by atoms with Gasteiger partial charge in [0.15, 0.2) is 0 Å². The Bertz CT molecular complexity index is 311. The molecule has 3 heteroatoms. The van der Waals surface area contributed by atoms with Crippen LogP contribution in [0, 0.1) is 16.7 Å². The Balaban J connectivity index is 2.17. The molecule has 0 aliphatic heterocycles. The van der Waals surface area contributed by atoms with Crippen LogP contribution in [0.3, 0.4) is 0 Å². The van der Waals surface area contributed by atoms with Gasteiger partial charge < -0.3 is 9.47 Å². The van der Waals surface area contributed by atoms with Crippen LogP contribution in [-0.4, -0.2) is 25.8 Å². The summed E-state index contributed by atoms with van der Waals surface area (Å²) in [4.78, 5) is 12.1. The van der Waals surface area contributed by atoms with Crippen LogP contribution in [-0.2, 0) is 14.3 Å². The molecule has 0 spiro atoms. The Morgan fingerprint density at radius 2 is 2.00 bits per heavy atom. The molecule has 2 rings (SSSR count). The first-order valence-corrected chi connectivity index (χ1v) is 6.57. The maximum atomic E-state index is 12.1. The Labute approximate surface area is 104 Å². The van der Waals surface area contributed by atoms with E-state index < -0.39 is 0 Å². The quantitative estimate of drug-likeness (QED) is 0.712. The molecule has 2 aliphatic carbocycles. The summed E-state index contributed by atoms with van der Waals surface area (Å²) in [5.41, 5.74) is -0.0336. The van der Waals surface area contributed by atoms with Crippen molar-refractivity contribution in [3.8, 4) is 0 Å². The normalized spacial score (nSPS) is 40.4. The third kappa shape index (κ3) is 1.93. The number of ether oxygens (including phenoxy) is 2. The highest BCUT2D eigenvalue weighted by Crippen LogP contribution is 2.58. The number of fused-ring (bicyclic) bond motifs is 1. The van der Waals surface area contributed by atoms with Gasteiger partial charge in [0, 0.05) is 18.9 Å². The summed E-state index contributed by atoms with van der Waals surface area (Å²) in [5.74, 6) is 0.916. The number of Topliss-reactive ketones (excluding diaryl/α,β-unsaturated/α-hetero) is 1. The number of rotatable bonds is 3. The third-order valence-corrected chi connectivity index (χ3v) is 5.11. The lowest BCUT2D eigenvalue weighted by Crippen LogP contribution is -2.50. The standard InChI is InChI=1S/C14H24O3/c1-13(2)10-5-6-11(15)14(10,3)8-7-12(13)17-9-16-4/h10,12H,5-9H2,1-4H3. The zero-order chi connectivity index (χ0) is 12.7. The van der Waals surface area contributed by atoms with Gasteiger partial charge in [-0.05, 0) is 30.6 Å². The second kappa shape index (κ2) is 4.36. The lowest BCUT2D eigenvalue weighted by atomic mass is 9.56. The first-order chi connectivity index (χ1) is 7.93. The van der Waals surface area contributed by atoms with E-state index in [9.17, 15) is 4.79 Å². The molecule has 0 aromatic rings. The molecule has 0 amide bonds. The first-order valence-electron chi connectivity index (χ1n) is 6.57. The fraction of sp³-hybridized carbons (Fsp3) is 0.929. The average Bonchev–Trinajstić information content (AvgIpc) is 2.56. The number of ketones is 1. The lowest BCUT2D eigenvalue weighted by molar-refractivity contribution is -0.165. The summed E-state index contributed by atoms with van der Waals surface area (Å²) in [6.07, 6.45) is 3.92. The Morgan fingerprint density at radius 1 is 1.29 bits per heavy atom. The maximum absolute atomic E-state index is 12.1. The van der Waals surface area contributed by atoms with Gasteiger partial charge in [0.25, 0.3) is 0 Å². The second-order valence-electron chi connectivity index (χ2n) is 6.35. The highest BCUT2D eigenvalue weighted by Gasteiger charge is 2.57. The first kappa shape index (κ1) is 13.0.